The van der Waals surface area contributed by atoms with Crippen molar-refractivity contribution in [3.63, 3.8) is 0 Å². The molecule has 0 aromatic carbocycles. The minimum absolute atomic E-state index is 0.342. The molecule has 1 unspecified atom stereocenters. The van der Waals surface area contributed by atoms with Crippen molar-refractivity contribution in [3.8, 4) is 0 Å². The zero-order valence-electron chi connectivity index (χ0n) is 10.6. The number of rotatable bonds is 6. The van der Waals surface area contributed by atoms with Gasteiger partial charge < -0.3 is 15.7 Å². The highest BCUT2D eigenvalue weighted by molar-refractivity contribution is 5.90. The lowest BCUT2D eigenvalue weighted by atomic mass is 9.86. The van der Waals surface area contributed by atoms with Gasteiger partial charge >= 0.3 is 5.97 Å². The summed E-state index contributed by atoms with van der Waals surface area (Å²) >= 11 is 0. The number of hydrogen-bond acceptors (Lipinski definition) is 3. The van der Waals surface area contributed by atoms with E-state index in [2.05, 4.69) is 18.7 Å². The molecule has 0 saturated heterocycles. The Morgan fingerprint density at radius 3 is 2.59 bits per heavy atom. The van der Waals surface area contributed by atoms with Crippen LogP contribution in [-0.2, 0) is 4.79 Å². The minimum atomic E-state index is -0.882. The summed E-state index contributed by atoms with van der Waals surface area (Å²) in [5.41, 5.74) is 6.18. The first-order chi connectivity index (χ1) is 8.00. The Bertz CT molecular complexity index is 332. The van der Waals surface area contributed by atoms with E-state index in [9.17, 15) is 4.79 Å². The molecule has 96 valence electrons. The van der Waals surface area contributed by atoms with Gasteiger partial charge in [0.25, 0.3) is 0 Å². The molecule has 0 saturated carbocycles. The fraction of sp³-hybridized carbons (Fsp3) is 0.615. The Hall–Kier alpha value is -1.13. The monoisotopic (exact) mass is 238 g/mol. The van der Waals surface area contributed by atoms with Gasteiger partial charge in [-0.05, 0) is 25.9 Å². The lowest BCUT2D eigenvalue weighted by Crippen LogP contribution is -2.42. The zero-order valence-corrected chi connectivity index (χ0v) is 10.6. The molecule has 0 bridgehead atoms. The van der Waals surface area contributed by atoms with Crippen LogP contribution in [0.5, 0.6) is 0 Å². The Morgan fingerprint density at radius 1 is 1.53 bits per heavy atom. The van der Waals surface area contributed by atoms with Gasteiger partial charge in [-0.25, -0.2) is 4.79 Å². The summed E-state index contributed by atoms with van der Waals surface area (Å²) in [5.74, 6) is -0.882. The Labute approximate surface area is 103 Å². The summed E-state index contributed by atoms with van der Waals surface area (Å²) in [6, 6.07) is 0. The van der Waals surface area contributed by atoms with E-state index in [1.54, 1.807) is 12.2 Å². The lowest BCUT2D eigenvalue weighted by Gasteiger charge is -2.30. The molecular weight excluding hydrogens is 216 g/mol. The molecular formula is C13H22N2O2. The molecule has 3 N–H and O–H groups in total. The van der Waals surface area contributed by atoms with Gasteiger partial charge in [0.15, 0.2) is 0 Å². The van der Waals surface area contributed by atoms with Crippen LogP contribution in [0, 0.1) is 0 Å². The van der Waals surface area contributed by atoms with Crippen LogP contribution >= 0.6 is 0 Å². The molecule has 0 aromatic heterocycles. The standard InChI is InChI=1S/C13H22N2O2/c1-3-15(4-2)10-9-13(14)7-5-11(6-8-13)12(16)17/h5-7H,3-4,8-10,14H2,1-2H3,(H,16,17). The summed E-state index contributed by atoms with van der Waals surface area (Å²) in [4.78, 5) is 13.1. The number of carboxylic acid groups (broad SMARTS) is 1. The third-order valence-corrected chi connectivity index (χ3v) is 3.33. The molecule has 4 nitrogen and oxygen atoms in total. The van der Waals surface area contributed by atoms with Crippen molar-refractivity contribution in [2.24, 2.45) is 5.73 Å². The molecule has 1 atom stereocenters. The molecule has 4 heteroatoms. The zero-order chi connectivity index (χ0) is 12.9. The van der Waals surface area contributed by atoms with Gasteiger partial charge in [0.1, 0.15) is 0 Å². The fourth-order valence-corrected chi connectivity index (χ4v) is 1.94. The maximum Gasteiger partial charge on any atom is 0.335 e. The second kappa shape index (κ2) is 5.98. The number of nitrogens with zero attached hydrogens (tertiary/aromatic N) is 1. The quantitative estimate of drug-likeness (QED) is 0.734. The van der Waals surface area contributed by atoms with E-state index in [0.29, 0.717) is 12.0 Å². The smallest absolute Gasteiger partial charge is 0.335 e. The molecule has 1 aliphatic rings. The van der Waals surface area contributed by atoms with Crippen LogP contribution in [0.3, 0.4) is 0 Å². The second-order valence-corrected chi connectivity index (χ2v) is 4.51. The van der Waals surface area contributed by atoms with E-state index in [1.807, 2.05) is 6.08 Å². The average molecular weight is 238 g/mol. The van der Waals surface area contributed by atoms with Gasteiger partial charge in [-0.3, -0.25) is 0 Å². The van der Waals surface area contributed by atoms with E-state index < -0.39 is 5.97 Å². The summed E-state index contributed by atoms with van der Waals surface area (Å²) in [7, 11) is 0. The predicted molar refractivity (Wildman–Crippen MR) is 68.8 cm³/mol. The summed E-state index contributed by atoms with van der Waals surface area (Å²) in [6.45, 7) is 7.25. The van der Waals surface area contributed by atoms with Crippen molar-refractivity contribution in [1.29, 1.82) is 0 Å². The van der Waals surface area contributed by atoms with Crippen molar-refractivity contribution in [3.05, 3.63) is 23.8 Å². The third-order valence-electron chi connectivity index (χ3n) is 3.33. The molecule has 0 spiro atoms. The first-order valence-corrected chi connectivity index (χ1v) is 6.14. The highest BCUT2D eigenvalue weighted by atomic mass is 16.4. The first kappa shape index (κ1) is 13.9. The van der Waals surface area contributed by atoms with Crippen molar-refractivity contribution in [2.45, 2.75) is 32.2 Å². The van der Waals surface area contributed by atoms with Gasteiger partial charge in [0.05, 0.1) is 5.57 Å². The Balaban J connectivity index is 2.51. The van der Waals surface area contributed by atoms with Crippen molar-refractivity contribution >= 4 is 5.97 Å². The first-order valence-electron chi connectivity index (χ1n) is 6.14. The van der Waals surface area contributed by atoms with E-state index >= 15 is 0 Å². The summed E-state index contributed by atoms with van der Waals surface area (Å²) < 4.78 is 0. The number of aliphatic carboxylic acids is 1. The van der Waals surface area contributed by atoms with E-state index in [1.165, 1.54) is 0 Å². The highest BCUT2D eigenvalue weighted by Gasteiger charge is 2.24. The van der Waals surface area contributed by atoms with Crippen molar-refractivity contribution < 1.29 is 9.90 Å². The molecule has 0 amide bonds. The number of nitrogens with two attached hydrogens (primary N) is 1. The number of carbonyl (C=O) groups is 1. The summed E-state index contributed by atoms with van der Waals surface area (Å²) in [6.07, 6.45) is 6.62. The second-order valence-electron chi connectivity index (χ2n) is 4.51. The van der Waals surface area contributed by atoms with E-state index in [-0.39, 0.29) is 5.54 Å². The molecule has 0 radical (unpaired) electrons. The molecule has 0 aliphatic heterocycles. The average Bonchev–Trinajstić information content (AvgIpc) is 2.31. The third kappa shape index (κ3) is 3.98. The lowest BCUT2D eigenvalue weighted by molar-refractivity contribution is -0.132. The number of hydrogen-bond donors (Lipinski definition) is 2. The molecule has 1 rings (SSSR count). The largest absolute Gasteiger partial charge is 0.478 e. The van der Waals surface area contributed by atoms with Crippen molar-refractivity contribution in [2.75, 3.05) is 19.6 Å². The molecule has 0 aromatic rings. The van der Waals surface area contributed by atoms with Gasteiger partial charge in [0, 0.05) is 12.1 Å². The predicted octanol–water partition coefficient (Wildman–Crippen LogP) is 1.39. The van der Waals surface area contributed by atoms with Crippen LogP contribution < -0.4 is 5.73 Å². The SMILES string of the molecule is CCN(CC)CCC1(N)C=CC(C(=O)O)=CC1. The Morgan fingerprint density at radius 2 is 2.18 bits per heavy atom. The number of carboxylic acids is 1. The van der Waals surface area contributed by atoms with E-state index in [0.717, 1.165) is 26.1 Å². The summed E-state index contributed by atoms with van der Waals surface area (Å²) in [5, 5.41) is 8.83. The van der Waals surface area contributed by atoms with Gasteiger partial charge in [-0.15, -0.1) is 0 Å². The maximum atomic E-state index is 10.8. The van der Waals surface area contributed by atoms with Gasteiger partial charge in [-0.1, -0.05) is 32.1 Å². The van der Waals surface area contributed by atoms with Gasteiger partial charge in [0.2, 0.25) is 0 Å². The van der Waals surface area contributed by atoms with Crippen LogP contribution in [0.25, 0.3) is 0 Å². The van der Waals surface area contributed by atoms with Crippen LogP contribution in [0.4, 0.5) is 0 Å². The van der Waals surface area contributed by atoms with Crippen LogP contribution in [0.15, 0.2) is 23.8 Å². The molecule has 0 fully saturated rings. The molecule has 17 heavy (non-hydrogen) atoms. The van der Waals surface area contributed by atoms with Gasteiger partial charge in [-0.2, -0.15) is 0 Å². The van der Waals surface area contributed by atoms with Crippen LogP contribution in [0.2, 0.25) is 0 Å². The van der Waals surface area contributed by atoms with Crippen LogP contribution in [-0.4, -0.2) is 41.1 Å². The molecule has 0 heterocycles. The Kier molecular flexibility index (Phi) is 4.90. The highest BCUT2D eigenvalue weighted by Crippen LogP contribution is 2.22. The van der Waals surface area contributed by atoms with E-state index in [4.69, 9.17) is 10.8 Å². The maximum absolute atomic E-state index is 10.8. The normalized spacial score (nSPS) is 23.9. The topological polar surface area (TPSA) is 66.6 Å². The van der Waals surface area contributed by atoms with Crippen molar-refractivity contribution in [1.82, 2.24) is 4.90 Å². The minimum Gasteiger partial charge on any atom is -0.478 e. The van der Waals surface area contributed by atoms with Crippen LogP contribution in [0.1, 0.15) is 26.7 Å². The fourth-order valence-electron chi connectivity index (χ4n) is 1.94. The molecule has 1 aliphatic carbocycles.